The molecule has 17 heavy (non-hydrogen) atoms. The molecule has 2 aromatic rings. The summed E-state index contributed by atoms with van der Waals surface area (Å²) in [5.74, 6) is 1.89. The van der Waals surface area contributed by atoms with E-state index in [0.717, 1.165) is 17.4 Å². The molecule has 0 saturated heterocycles. The molecule has 3 atom stereocenters. The molecule has 2 aliphatic carbocycles. The number of H-pyrrole nitrogens is 1. The summed E-state index contributed by atoms with van der Waals surface area (Å²) < 4.78 is 0. The van der Waals surface area contributed by atoms with Crippen LogP contribution >= 0.6 is 0 Å². The molecule has 0 amide bonds. The van der Waals surface area contributed by atoms with E-state index in [9.17, 15) is 0 Å². The highest BCUT2D eigenvalue weighted by molar-refractivity contribution is 5.90. The van der Waals surface area contributed by atoms with Crippen molar-refractivity contribution >= 4 is 16.6 Å². The van der Waals surface area contributed by atoms with Crippen LogP contribution in [-0.4, -0.2) is 16.2 Å². The van der Waals surface area contributed by atoms with E-state index < -0.39 is 0 Å². The maximum absolute atomic E-state index is 4.12. The third kappa shape index (κ3) is 1.45. The fraction of sp³-hybridized carbons (Fsp3) is 0.500. The first-order valence-corrected chi connectivity index (χ1v) is 6.59. The quantitative estimate of drug-likeness (QED) is 0.827. The maximum Gasteiger partial charge on any atom is 0.0881 e. The van der Waals surface area contributed by atoms with Crippen LogP contribution in [0.1, 0.15) is 25.7 Å². The number of hydrogen-bond donors (Lipinski definition) is 2. The summed E-state index contributed by atoms with van der Waals surface area (Å²) in [6.45, 7) is 0. The Bertz CT molecular complexity index is 545. The molecule has 1 aromatic heterocycles. The Kier molecular flexibility index (Phi) is 1.95. The van der Waals surface area contributed by atoms with Crippen LogP contribution in [0.4, 0.5) is 5.69 Å². The molecule has 1 heterocycles. The number of aromatic amines is 1. The number of nitrogens with zero attached hydrogens (tertiary/aromatic N) is 1. The SMILES string of the molecule is c1cc(NC2CC3CCC2C3)c2[nH]ncc2c1. The summed E-state index contributed by atoms with van der Waals surface area (Å²) in [6.07, 6.45) is 7.56. The van der Waals surface area contributed by atoms with E-state index >= 15 is 0 Å². The zero-order chi connectivity index (χ0) is 11.2. The molecule has 88 valence electrons. The van der Waals surface area contributed by atoms with Gasteiger partial charge in [-0.1, -0.05) is 18.6 Å². The molecule has 3 nitrogen and oxygen atoms in total. The molecule has 2 saturated carbocycles. The monoisotopic (exact) mass is 227 g/mol. The van der Waals surface area contributed by atoms with Gasteiger partial charge in [0.05, 0.1) is 17.4 Å². The lowest BCUT2D eigenvalue weighted by molar-refractivity contribution is 0.440. The Morgan fingerprint density at radius 1 is 1.24 bits per heavy atom. The summed E-state index contributed by atoms with van der Waals surface area (Å²) in [6, 6.07) is 7.05. The van der Waals surface area contributed by atoms with Gasteiger partial charge >= 0.3 is 0 Å². The fourth-order valence-corrected chi connectivity index (χ4v) is 3.71. The molecule has 2 N–H and O–H groups in total. The third-order valence-electron chi connectivity index (χ3n) is 4.56. The predicted molar refractivity (Wildman–Crippen MR) is 69.0 cm³/mol. The summed E-state index contributed by atoms with van der Waals surface area (Å²) in [4.78, 5) is 0. The van der Waals surface area contributed by atoms with Crippen molar-refractivity contribution in [2.75, 3.05) is 5.32 Å². The Balaban J connectivity index is 1.65. The maximum atomic E-state index is 4.12. The smallest absolute Gasteiger partial charge is 0.0881 e. The number of rotatable bonds is 2. The van der Waals surface area contributed by atoms with Crippen LogP contribution in [0.15, 0.2) is 24.4 Å². The molecule has 0 radical (unpaired) electrons. The molecule has 2 bridgehead atoms. The van der Waals surface area contributed by atoms with Gasteiger partial charge in [-0.3, -0.25) is 5.10 Å². The molecule has 3 heteroatoms. The molecular weight excluding hydrogens is 210 g/mol. The standard InChI is InChI=1S/C14H17N3/c1-2-11-8-15-17-14(11)12(3-1)16-13-7-9-4-5-10(13)6-9/h1-3,8-10,13,16H,4-7H2,(H,15,17). The van der Waals surface area contributed by atoms with E-state index in [1.807, 2.05) is 6.20 Å². The number of aromatic nitrogens is 2. The highest BCUT2D eigenvalue weighted by atomic mass is 15.1. The number of hydrogen-bond acceptors (Lipinski definition) is 2. The van der Waals surface area contributed by atoms with Crippen LogP contribution in [0.2, 0.25) is 0 Å². The summed E-state index contributed by atoms with van der Waals surface area (Å²) in [5.41, 5.74) is 2.37. The van der Waals surface area contributed by atoms with E-state index in [0.29, 0.717) is 6.04 Å². The van der Waals surface area contributed by atoms with Gasteiger partial charge in [0, 0.05) is 11.4 Å². The average molecular weight is 227 g/mol. The molecule has 1 aromatic carbocycles. The molecule has 2 fully saturated rings. The van der Waals surface area contributed by atoms with Crippen molar-refractivity contribution in [2.45, 2.75) is 31.7 Å². The van der Waals surface area contributed by atoms with E-state index in [-0.39, 0.29) is 0 Å². The first-order valence-electron chi connectivity index (χ1n) is 6.59. The van der Waals surface area contributed by atoms with Gasteiger partial charge in [0.25, 0.3) is 0 Å². The predicted octanol–water partition coefficient (Wildman–Crippen LogP) is 3.16. The number of anilines is 1. The van der Waals surface area contributed by atoms with Crippen LogP contribution in [0.3, 0.4) is 0 Å². The van der Waals surface area contributed by atoms with Crippen molar-refractivity contribution in [3.8, 4) is 0 Å². The van der Waals surface area contributed by atoms with Crippen molar-refractivity contribution in [1.82, 2.24) is 10.2 Å². The lowest BCUT2D eigenvalue weighted by Gasteiger charge is -2.24. The van der Waals surface area contributed by atoms with Gasteiger partial charge in [-0.05, 0) is 37.2 Å². The van der Waals surface area contributed by atoms with Crippen molar-refractivity contribution in [3.63, 3.8) is 0 Å². The van der Waals surface area contributed by atoms with Gasteiger partial charge in [0.2, 0.25) is 0 Å². The highest BCUT2D eigenvalue weighted by Gasteiger charge is 2.39. The Hall–Kier alpha value is -1.51. The second kappa shape index (κ2) is 3.49. The Labute approximate surface area is 101 Å². The molecule has 4 rings (SSSR count). The topological polar surface area (TPSA) is 40.7 Å². The Morgan fingerprint density at radius 3 is 3.06 bits per heavy atom. The zero-order valence-corrected chi connectivity index (χ0v) is 9.82. The minimum Gasteiger partial charge on any atom is -0.380 e. The van der Waals surface area contributed by atoms with Gasteiger partial charge < -0.3 is 5.32 Å². The number of nitrogens with one attached hydrogen (secondary N) is 2. The van der Waals surface area contributed by atoms with E-state index in [4.69, 9.17) is 0 Å². The number of para-hydroxylation sites is 1. The molecular formula is C14H17N3. The average Bonchev–Trinajstić information content (AvgIpc) is 3.04. The van der Waals surface area contributed by atoms with Crippen LogP contribution in [0, 0.1) is 11.8 Å². The minimum absolute atomic E-state index is 0.683. The third-order valence-corrected chi connectivity index (χ3v) is 4.56. The molecule has 2 aliphatic rings. The minimum atomic E-state index is 0.683. The number of benzene rings is 1. The van der Waals surface area contributed by atoms with Crippen molar-refractivity contribution < 1.29 is 0 Å². The summed E-state index contributed by atoms with van der Waals surface area (Å²) in [5, 5.41) is 12.1. The van der Waals surface area contributed by atoms with E-state index in [1.165, 1.54) is 36.8 Å². The lowest BCUT2D eigenvalue weighted by Crippen LogP contribution is -2.25. The second-order valence-electron chi connectivity index (χ2n) is 5.57. The number of fused-ring (bicyclic) bond motifs is 3. The lowest BCUT2D eigenvalue weighted by atomic mass is 9.95. The van der Waals surface area contributed by atoms with Gasteiger partial charge in [-0.15, -0.1) is 0 Å². The first-order chi connectivity index (χ1) is 8.40. The molecule has 3 unspecified atom stereocenters. The second-order valence-corrected chi connectivity index (χ2v) is 5.57. The van der Waals surface area contributed by atoms with Gasteiger partial charge in [-0.25, -0.2) is 0 Å². The van der Waals surface area contributed by atoms with Gasteiger partial charge in [0.15, 0.2) is 0 Å². The normalized spacial score (nSPS) is 31.2. The van der Waals surface area contributed by atoms with Crippen molar-refractivity contribution in [3.05, 3.63) is 24.4 Å². The van der Waals surface area contributed by atoms with Crippen molar-refractivity contribution in [2.24, 2.45) is 11.8 Å². The first kappa shape index (κ1) is 9.51. The zero-order valence-electron chi connectivity index (χ0n) is 9.82. The van der Waals surface area contributed by atoms with Crippen LogP contribution in [0.5, 0.6) is 0 Å². The van der Waals surface area contributed by atoms with Crippen LogP contribution < -0.4 is 5.32 Å². The van der Waals surface area contributed by atoms with Gasteiger partial charge in [0.1, 0.15) is 0 Å². The van der Waals surface area contributed by atoms with Crippen LogP contribution in [0.25, 0.3) is 10.9 Å². The fourth-order valence-electron chi connectivity index (χ4n) is 3.71. The van der Waals surface area contributed by atoms with E-state index in [2.05, 4.69) is 33.7 Å². The molecule has 0 aliphatic heterocycles. The van der Waals surface area contributed by atoms with Gasteiger partial charge in [-0.2, -0.15) is 5.10 Å². The Morgan fingerprint density at radius 2 is 2.24 bits per heavy atom. The molecule has 0 spiro atoms. The highest BCUT2D eigenvalue weighted by Crippen LogP contribution is 2.45. The summed E-state index contributed by atoms with van der Waals surface area (Å²) in [7, 11) is 0. The largest absolute Gasteiger partial charge is 0.380 e. The van der Waals surface area contributed by atoms with Crippen molar-refractivity contribution in [1.29, 1.82) is 0 Å². The van der Waals surface area contributed by atoms with E-state index in [1.54, 1.807) is 0 Å². The van der Waals surface area contributed by atoms with Crippen LogP contribution in [-0.2, 0) is 0 Å². The summed E-state index contributed by atoms with van der Waals surface area (Å²) >= 11 is 0.